The molecule has 0 bridgehead atoms. The van der Waals surface area contributed by atoms with Crippen LogP contribution in [0.1, 0.15) is 33.6 Å². The van der Waals surface area contributed by atoms with Crippen molar-refractivity contribution in [3.8, 4) is 6.07 Å². The molecule has 0 aromatic carbocycles. The summed E-state index contributed by atoms with van der Waals surface area (Å²) in [7, 11) is 0. The van der Waals surface area contributed by atoms with Gasteiger partial charge in [0.15, 0.2) is 0 Å². The molecule has 4 nitrogen and oxygen atoms in total. The van der Waals surface area contributed by atoms with E-state index in [1.54, 1.807) is 4.90 Å². The topological polar surface area (TPSA) is 53.3 Å². The maximum atomic E-state index is 12.2. The van der Waals surface area contributed by atoms with Crippen LogP contribution in [-0.4, -0.2) is 36.1 Å². The molecule has 1 heterocycles. The van der Waals surface area contributed by atoms with E-state index in [0.29, 0.717) is 19.7 Å². The fraction of sp³-hybridized carbons (Fsp3) is 0.833. The van der Waals surface area contributed by atoms with Crippen LogP contribution in [0.25, 0.3) is 0 Å². The van der Waals surface area contributed by atoms with E-state index in [9.17, 15) is 4.79 Å². The molecule has 0 aliphatic carbocycles. The monoisotopic (exact) mass is 224 g/mol. The van der Waals surface area contributed by atoms with Gasteiger partial charge in [-0.15, -0.1) is 0 Å². The van der Waals surface area contributed by atoms with Crippen LogP contribution >= 0.6 is 0 Å². The number of nitrogens with zero attached hydrogens (tertiary/aromatic N) is 2. The Bertz CT molecular complexity index is 290. The second-order valence-corrected chi connectivity index (χ2v) is 4.56. The number of likely N-dealkylation sites (N-methyl/N-ethyl adjacent to an activating group) is 1. The lowest BCUT2D eigenvalue weighted by Gasteiger charge is -2.30. The molecule has 1 rings (SSSR count). The summed E-state index contributed by atoms with van der Waals surface area (Å²) in [6.45, 7) is 7.39. The molecular formula is C12H20N2O2. The van der Waals surface area contributed by atoms with Crippen LogP contribution in [0.5, 0.6) is 0 Å². The lowest BCUT2D eigenvalue weighted by molar-refractivity contribution is -0.151. The number of amides is 1. The third kappa shape index (κ3) is 2.73. The third-order valence-corrected chi connectivity index (χ3v) is 3.05. The number of carbonyl (C=O) groups is 1. The Hall–Kier alpha value is -1.08. The van der Waals surface area contributed by atoms with Crippen molar-refractivity contribution in [3.05, 3.63) is 0 Å². The highest BCUT2D eigenvalue weighted by molar-refractivity contribution is 5.85. The molecule has 2 atom stereocenters. The molecule has 0 aromatic rings. The van der Waals surface area contributed by atoms with Crippen LogP contribution in [0.3, 0.4) is 0 Å². The molecule has 0 N–H and O–H groups in total. The molecule has 1 fully saturated rings. The van der Waals surface area contributed by atoms with Crippen molar-refractivity contribution in [2.24, 2.45) is 5.92 Å². The Morgan fingerprint density at radius 3 is 2.81 bits per heavy atom. The van der Waals surface area contributed by atoms with E-state index >= 15 is 0 Å². The first-order chi connectivity index (χ1) is 7.53. The zero-order chi connectivity index (χ0) is 12.2. The van der Waals surface area contributed by atoms with Gasteiger partial charge in [0, 0.05) is 19.7 Å². The van der Waals surface area contributed by atoms with Crippen LogP contribution in [0, 0.1) is 17.2 Å². The minimum absolute atomic E-state index is 0.0228. The van der Waals surface area contributed by atoms with Crippen LogP contribution in [0.15, 0.2) is 0 Å². The van der Waals surface area contributed by atoms with E-state index in [-0.39, 0.29) is 11.8 Å². The molecule has 2 unspecified atom stereocenters. The Morgan fingerprint density at radius 2 is 2.38 bits per heavy atom. The molecule has 1 saturated heterocycles. The molecule has 4 heteroatoms. The summed E-state index contributed by atoms with van der Waals surface area (Å²) in [4.78, 5) is 14.0. The Kier molecular flexibility index (Phi) is 4.31. The predicted molar refractivity (Wildman–Crippen MR) is 60.6 cm³/mol. The molecule has 0 saturated carbocycles. The number of nitriles is 1. The van der Waals surface area contributed by atoms with Crippen molar-refractivity contribution in [2.75, 3.05) is 19.7 Å². The van der Waals surface area contributed by atoms with Crippen molar-refractivity contribution in [3.63, 3.8) is 0 Å². The quantitative estimate of drug-likeness (QED) is 0.728. The van der Waals surface area contributed by atoms with Crippen LogP contribution in [0.2, 0.25) is 0 Å². The third-order valence-electron chi connectivity index (χ3n) is 3.05. The minimum atomic E-state index is -0.662. The molecule has 90 valence electrons. The summed E-state index contributed by atoms with van der Waals surface area (Å²) in [5.74, 6) is -0.108. The van der Waals surface area contributed by atoms with Crippen molar-refractivity contribution < 1.29 is 9.53 Å². The summed E-state index contributed by atoms with van der Waals surface area (Å²) >= 11 is 0. The van der Waals surface area contributed by atoms with E-state index in [1.165, 1.54) is 0 Å². The van der Waals surface area contributed by atoms with Gasteiger partial charge in [0.05, 0.1) is 12.0 Å². The summed E-state index contributed by atoms with van der Waals surface area (Å²) < 4.78 is 5.53. The molecule has 0 aromatic heterocycles. The van der Waals surface area contributed by atoms with Gasteiger partial charge in [-0.25, -0.2) is 0 Å². The van der Waals surface area contributed by atoms with E-state index in [1.807, 2.05) is 20.8 Å². The average molecular weight is 224 g/mol. The highest BCUT2D eigenvalue weighted by Gasteiger charge is 2.40. The largest absolute Gasteiger partial charge is 0.365 e. The Labute approximate surface area is 97.2 Å². The minimum Gasteiger partial charge on any atom is -0.365 e. The fourth-order valence-corrected chi connectivity index (χ4v) is 2.01. The average Bonchev–Trinajstić information content (AvgIpc) is 2.73. The zero-order valence-corrected chi connectivity index (χ0v) is 10.3. The molecule has 1 amide bonds. The lowest BCUT2D eigenvalue weighted by atomic mass is 10.0. The van der Waals surface area contributed by atoms with Crippen molar-refractivity contribution in [1.82, 2.24) is 4.90 Å². The standard InChI is InChI=1S/C12H20N2O2/c1-4-14(9-10(2)8-13)11(15)12(3)6-5-7-16-12/h10H,4-7,9H2,1-3H3. The van der Waals surface area contributed by atoms with Crippen molar-refractivity contribution in [2.45, 2.75) is 39.2 Å². The van der Waals surface area contributed by atoms with Gasteiger partial charge in [-0.3, -0.25) is 4.79 Å². The summed E-state index contributed by atoms with van der Waals surface area (Å²) in [5, 5.41) is 8.77. The van der Waals surface area contributed by atoms with Crippen molar-refractivity contribution in [1.29, 1.82) is 5.26 Å². The van der Waals surface area contributed by atoms with Gasteiger partial charge in [0.1, 0.15) is 5.60 Å². The van der Waals surface area contributed by atoms with Crippen LogP contribution in [0.4, 0.5) is 0 Å². The first-order valence-electron chi connectivity index (χ1n) is 5.86. The molecule has 0 spiro atoms. The Balaban J connectivity index is 2.66. The number of ether oxygens (including phenoxy) is 1. The fourth-order valence-electron chi connectivity index (χ4n) is 2.01. The molecule has 1 aliphatic heterocycles. The number of carbonyl (C=O) groups excluding carboxylic acids is 1. The van der Waals surface area contributed by atoms with Gasteiger partial charge in [0.2, 0.25) is 0 Å². The van der Waals surface area contributed by atoms with E-state index in [0.717, 1.165) is 12.8 Å². The first-order valence-corrected chi connectivity index (χ1v) is 5.86. The van der Waals surface area contributed by atoms with Crippen LogP contribution < -0.4 is 0 Å². The smallest absolute Gasteiger partial charge is 0.254 e. The maximum absolute atomic E-state index is 12.2. The van der Waals surface area contributed by atoms with Crippen molar-refractivity contribution >= 4 is 5.91 Å². The highest BCUT2D eigenvalue weighted by atomic mass is 16.5. The number of hydrogen-bond donors (Lipinski definition) is 0. The zero-order valence-electron chi connectivity index (χ0n) is 10.3. The summed E-state index contributed by atoms with van der Waals surface area (Å²) in [5.41, 5.74) is -0.662. The highest BCUT2D eigenvalue weighted by Crippen LogP contribution is 2.27. The molecule has 0 radical (unpaired) electrons. The number of hydrogen-bond acceptors (Lipinski definition) is 3. The maximum Gasteiger partial charge on any atom is 0.254 e. The Morgan fingerprint density at radius 1 is 1.69 bits per heavy atom. The van der Waals surface area contributed by atoms with Gasteiger partial charge in [-0.1, -0.05) is 0 Å². The summed E-state index contributed by atoms with van der Waals surface area (Å²) in [6, 6.07) is 2.15. The SMILES string of the molecule is CCN(CC(C)C#N)C(=O)C1(C)CCCO1. The van der Waals surface area contributed by atoms with Crippen LogP contribution in [-0.2, 0) is 9.53 Å². The second-order valence-electron chi connectivity index (χ2n) is 4.56. The van der Waals surface area contributed by atoms with Gasteiger partial charge >= 0.3 is 0 Å². The molecular weight excluding hydrogens is 204 g/mol. The lowest BCUT2D eigenvalue weighted by Crippen LogP contribution is -2.48. The number of rotatable bonds is 4. The molecule has 1 aliphatic rings. The summed E-state index contributed by atoms with van der Waals surface area (Å²) in [6.07, 6.45) is 1.72. The van der Waals surface area contributed by atoms with E-state index < -0.39 is 5.60 Å². The second kappa shape index (κ2) is 5.31. The van der Waals surface area contributed by atoms with Gasteiger partial charge < -0.3 is 9.64 Å². The molecule has 16 heavy (non-hydrogen) atoms. The van der Waals surface area contributed by atoms with Gasteiger partial charge in [-0.05, 0) is 33.6 Å². The van der Waals surface area contributed by atoms with E-state index in [2.05, 4.69) is 6.07 Å². The first kappa shape index (κ1) is 13.0. The normalized spacial score (nSPS) is 26.1. The van der Waals surface area contributed by atoms with Gasteiger partial charge in [0.25, 0.3) is 5.91 Å². The van der Waals surface area contributed by atoms with E-state index in [4.69, 9.17) is 10.00 Å². The van der Waals surface area contributed by atoms with Gasteiger partial charge in [-0.2, -0.15) is 5.26 Å². The predicted octanol–water partition coefficient (Wildman–Crippen LogP) is 1.56.